The number of halogens is 2. The molecule has 0 amide bonds. The van der Waals surface area contributed by atoms with Crippen molar-refractivity contribution in [1.29, 1.82) is 0 Å². The summed E-state index contributed by atoms with van der Waals surface area (Å²) in [5.41, 5.74) is 2.33. The van der Waals surface area contributed by atoms with E-state index in [2.05, 4.69) is 6.58 Å². The maximum absolute atomic E-state index is 13.9. The Morgan fingerprint density at radius 1 is 1.32 bits per heavy atom. The van der Waals surface area contributed by atoms with E-state index < -0.39 is 13.2 Å². The van der Waals surface area contributed by atoms with Gasteiger partial charge in [-0.1, -0.05) is 30.3 Å². The van der Waals surface area contributed by atoms with Crippen LogP contribution in [0, 0.1) is 12.7 Å². The van der Waals surface area contributed by atoms with Crippen molar-refractivity contribution in [2.75, 3.05) is 13.3 Å². The van der Waals surface area contributed by atoms with Gasteiger partial charge in [-0.05, 0) is 69.5 Å². The molecule has 2 rings (SSSR count). The van der Waals surface area contributed by atoms with Crippen molar-refractivity contribution >= 4 is 29.6 Å². The summed E-state index contributed by atoms with van der Waals surface area (Å²) in [4.78, 5) is 0. The van der Waals surface area contributed by atoms with Crippen LogP contribution < -0.4 is 5.30 Å². The molecule has 28 heavy (non-hydrogen) atoms. The SMILES string of the molecule is C=C(C=C(C)c1ccc(P(C)(C)=O)cc1O)OC(C)c1c(Cl)ccc(F)c1C. The number of allylic oxidation sites excluding steroid dienone is 2. The maximum atomic E-state index is 13.9. The molecule has 3 nitrogen and oxygen atoms in total. The van der Waals surface area contributed by atoms with E-state index in [-0.39, 0.29) is 11.6 Å². The van der Waals surface area contributed by atoms with E-state index in [1.807, 2.05) is 6.92 Å². The number of benzene rings is 2. The number of rotatable bonds is 6. The number of hydrogen-bond donors (Lipinski definition) is 1. The van der Waals surface area contributed by atoms with Crippen LogP contribution in [-0.4, -0.2) is 18.4 Å². The fraction of sp³-hybridized carbons (Fsp3) is 0.273. The highest BCUT2D eigenvalue weighted by atomic mass is 35.5. The number of hydrogen-bond acceptors (Lipinski definition) is 3. The molecular weight excluding hydrogens is 398 g/mol. The van der Waals surface area contributed by atoms with Gasteiger partial charge in [0.15, 0.2) is 0 Å². The number of aromatic hydroxyl groups is 1. The average molecular weight is 423 g/mol. The molecule has 0 aliphatic heterocycles. The minimum atomic E-state index is -2.45. The summed E-state index contributed by atoms with van der Waals surface area (Å²) in [6, 6.07) is 7.82. The molecule has 0 saturated heterocycles. The van der Waals surface area contributed by atoms with Gasteiger partial charge >= 0.3 is 0 Å². The number of ether oxygens (including phenoxy) is 1. The zero-order chi connectivity index (χ0) is 21.2. The summed E-state index contributed by atoms with van der Waals surface area (Å²) in [6.45, 7) is 12.4. The third kappa shape index (κ3) is 5.06. The summed E-state index contributed by atoms with van der Waals surface area (Å²) >= 11 is 6.21. The van der Waals surface area contributed by atoms with Gasteiger partial charge < -0.3 is 14.4 Å². The van der Waals surface area contributed by atoms with Crippen molar-refractivity contribution < 1.29 is 18.8 Å². The van der Waals surface area contributed by atoms with Crippen molar-refractivity contribution in [3.05, 3.63) is 76.3 Å². The van der Waals surface area contributed by atoms with E-state index in [0.717, 1.165) is 5.57 Å². The lowest BCUT2D eigenvalue weighted by atomic mass is 10.0. The Hall–Kier alpha value is -2.03. The van der Waals surface area contributed by atoms with Gasteiger partial charge in [-0.3, -0.25) is 0 Å². The predicted molar refractivity (Wildman–Crippen MR) is 116 cm³/mol. The van der Waals surface area contributed by atoms with E-state index >= 15 is 0 Å². The summed E-state index contributed by atoms with van der Waals surface area (Å²) < 4.78 is 31.8. The molecule has 0 spiro atoms. The first kappa shape index (κ1) is 22.3. The molecule has 1 N–H and O–H groups in total. The second kappa shape index (κ2) is 8.55. The van der Waals surface area contributed by atoms with Gasteiger partial charge in [0.2, 0.25) is 0 Å². The highest BCUT2D eigenvalue weighted by Gasteiger charge is 2.18. The summed E-state index contributed by atoms with van der Waals surface area (Å²) in [6.07, 6.45) is 1.19. The highest BCUT2D eigenvalue weighted by molar-refractivity contribution is 7.70. The fourth-order valence-corrected chi connectivity index (χ4v) is 4.22. The Labute approximate surface area is 170 Å². The van der Waals surface area contributed by atoms with Crippen molar-refractivity contribution in [3.63, 3.8) is 0 Å². The van der Waals surface area contributed by atoms with Crippen molar-refractivity contribution in [3.8, 4) is 5.75 Å². The Bertz CT molecular complexity index is 992. The Kier molecular flexibility index (Phi) is 6.80. The fourth-order valence-electron chi connectivity index (χ4n) is 3.00. The average Bonchev–Trinajstić information content (AvgIpc) is 2.57. The molecule has 2 aromatic carbocycles. The summed E-state index contributed by atoms with van der Waals surface area (Å²) in [5.74, 6) is 0.0474. The molecule has 0 aromatic heterocycles. The minimum absolute atomic E-state index is 0.0417. The lowest BCUT2D eigenvalue weighted by Crippen LogP contribution is -2.04. The largest absolute Gasteiger partial charge is 0.507 e. The van der Waals surface area contributed by atoms with E-state index in [1.54, 1.807) is 45.4 Å². The van der Waals surface area contributed by atoms with E-state index in [9.17, 15) is 14.1 Å². The molecule has 2 aromatic rings. The smallest absolute Gasteiger partial charge is 0.126 e. The molecule has 1 atom stereocenters. The lowest BCUT2D eigenvalue weighted by molar-refractivity contribution is 0.143. The lowest BCUT2D eigenvalue weighted by Gasteiger charge is -2.19. The molecule has 6 heteroatoms. The van der Waals surface area contributed by atoms with Crippen LogP contribution in [0.15, 0.2) is 48.7 Å². The van der Waals surface area contributed by atoms with Gasteiger partial charge in [0.05, 0.1) is 0 Å². The van der Waals surface area contributed by atoms with Gasteiger partial charge in [-0.25, -0.2) is 4.39 Å². The van der Waals surface area contributed by atoms with Crippen molar-refractivity contribution in [2.45, 2.75) is 26.9 Å². The Morgan fingerprint density at radius 3 is 2.54 bits per heavy atom. The van der Waals surface area contributed by atoms with Gasteiger partial charge in [-0.15, -0.1) is 0 Å². The molecule has 0 aliphatic rings. The minimum Gasteiger partial charge on any atom is -0.507 e. The van der Waals surface area contributed by atoms with Gasteiger partial charge in [0.25, 0.3) is 0 Å². The van der Waals surface area contributed by atoms with Crippen LogP contribution in [0.25, 0.3) is 5.57 Å². The summed E-state index contributed by atoms with van der Waals surface area (Å²) in [5, 5.41) is 11.3. The zero-order valence-corrected chi connectivity index (χ0v) is 18.4. The molecule has 0 fully saturated rings. The Morgan fingerprint density at radius 2 is 1.96 bits per heavy atom. The molecule has 150 valence electrons. The van der Waals surface area contributed by atoms with Crippen LogP contribution in [0.4, 0.5) is 4.39 Å². The number of phenols is 1. The molecule has 1 unspecified atom stereocenters. The predicted octanol–water partition coefficient (Wildman–Crippen LogP) is 6.44. The molecule has 0 heterocycles. The van der Waals surface area contributed by atoms with Crippen LogP contribution in [0.5, 0.6) is 5.75 Å². The first-order valence-electron chi connectivity index (χ1n) is 8.79. The van der Waals surface area contributed by atoms with Gasteiger partial charge in [0.1, 0.15) is 30.6 Å². The maximum Gasteiger partial charge on any atom is 0.126 e. The van der Waals surface area contributed by atoms with Crippen molar-refractivity contribution in [1.82, 2.24) is 0 Å². The molecular formula is C22H25ClFO3P. The molecule has 0 bridgehead atoms. The molecule has 0 radical (unpaired) electrons. The standard InChI is InChI=1S/C22H25ClFO3P/c1-13(18-8-7-17(12-21(18)25)28(5,6)26)11-14(2)27-16(4)22-15(3)20(24)10-9-19(22)23/h7-12,16,25H,2H2,1,3-6H3. The second-order valence-electron chi connectivity index (χ2n) is 7.17. The third-order valence-corrected chi connectivity index (χ3v) is 6.39. The van der Waals surface area contributed by atoms with Gasteiger partial charge in [-0.2, -0.15) is 0 Å². The van der Waals surface area contributed by atoms with Crippen LogP contribution in [0.2, 0.25) is 5.02 Å². The normalized spacial score (nSPS) is 13.3. The summed E-state index contributed by atoms with van der Waals surface area (Å²) in [7, 11) is -2.45. The monoisotopic (exact) mass is 422 g/mol. The van der Waals surface area contributed by atoms with Crippen LogP contribution in [0.1, 0.15) is 36.6 Å². The number of phenolic OH excluding ortho intramolecular Hbond substituents is 1. The van der Waals surface area contributed by atoms with E-state index in [4.69, 9.17) is 16.3 Å². The first-order chi connectivity index (χ1) is 12.9. The first-order valence-corrected chi connectivity index (χ1v) is 11.8. The Balaban J connectivity index is 2.23. The van der Waals surface area contributed by atoms with Crippen LogP contribution >= 0.6 is 18.7 Å². The third-order valence-electron chi connectivity index (χ3n) is 4.54. The van der Waals surface area contributed by atoms with Crippen LogP contribution in [-0.2, 0) is 9.30 Å². The van der Waals surface area contributed by atoms with E-state index in [1.165, 1.54) is 18.2 Å². The highest BCUT2D eigenvalue weighted by Crippen LogP contribution is 2.37. The van der Waals surface area contributed by atoms with Gasteiger partial charge in [0, 0.05) is 21.5 Å². The molecule has 0 saturated carbocycles. The van der Waals surface area contributed by atoms with Crippen molar-refractivity contribution in [2.24, 2.45) is 0 Å². The molecule has 0 aliphatic carbocycles. The van der Waals surface area contributed by atoms with Crippen LogP contribution in [0.3, 0.4) is 0 Å². The quantitative estimate of drug-likeness (QED) is 0.331. The second-order valence-corrected chi connectivity index (χ2v) is 10.8. The van der Waals surface area contributed by atoms with E-state index in [0.29, 0.717) is 32.8 Å². The zero-order valence-electron chi connectivity index (χ0n) is 16.7. The topological polar surface area (TPSA) is 46.5 Å².